The summed E-state index contributed by atoms with van der Waals surface area (Å²) in [6.07, 6.45) is 0. The summed E-state index contributed by atoms with van der Waals surface area (Å²) in [5, 5.41) is 0. The summed E-state index contributed by atoms with van der Waals surface area (Å²) in [4.78, 5) is 1.26. The molecule has 2 N–H and O–H groups in total. The molecule has 0 aliphatic rings. The van der Waals surface area contributed by atoms with Crippen molar-refractivity contribution in [2.75, 3.05) is 18.1 Å². The quantitative estimate of drug-likeness (QED) is 0.495. The molecule has 0 aliphatic heterocycles. The molecule has 2 aromatic rings. The summed E-state index contributed by atoms with van der Waals surface area (Å²) in [5.41, 5.74) is 7.76. The van der Waals surface area contributed by atoms with E-state index in [-0.39, 0.29) is 0 Å². The predicted molar refractivity (Wildman–Crippen MR) is 86.0 cm³/mol. The van der Waals surface area contributed by atoms with Crippen LogP contribution in [0.4, 0.5) is 5.69 Å². The topological polar surface area (TPSA) is 35.2 Å². The SMILES string of the molecule is Cc1cc(N)ccc1SCCOc1cccc(Br)c1. The molecule has 0 saturated heterocycles. The Labute approximate surface area is 126 Å². The van der Waals surface area contributed by atoms with Gasteiger partial charge in [-0.15, -0.1) is 11.8 Å². The van der Waals surface area contributed by atoms with E-state index in [2.05, 4.69) is 28.9 Å². The molecule has 0 aromatic heterocycles. The van der Waals surface area contributed by atoms with Crippen LogP contribution in [-0.2, 0) is 0 Å². The van der Waals surface area contributed by atoms with E-state index in [4.69, 9.17) is 10.5 Å². The summed E-state index contributed by atoms with van der Waals surface area (Å²) in [7, 11) is 0. The summed E-state index contributed by atoms with van der Waals surface area (Å²) in [5.74, 6) is 1.81. The van der Waals surface area contributed by atoms with Crippen LogP contribution in [0.15, 0.2) is 51.8 Å². The summed E-state index contributed by atoms with van der Waals surface area (Å²) in [6.45, 7) is 2.76. The Morgan fingerprint density at radius 3 is 2.79 bits per heavy atom. The van der Waals surface area contributed by atoms with Crippen LogP contribution in [0.3, 0.4) is 0 Å². The maximum Gasteiger partial charge on any atom is 0.120 e. The molecule has 2 rings (SSSR count). The maximum absolute atomic E-state index is 5.73. The van der Waals surface area contributed by atoms with Crippen LogP contribution in [0, 0.1) is 6.92 Å². The molecule has 0 aliphatic carbocycles. The van der Waals surface area contributed by atoms with Gasteiger partial charge < -0.3 is 10.5 Å². The van der Waals surface area contributed by atoms with Gasteiger partial charge in [-0.1, -0.05) is 22.0 Å². The second-order valence-corrected chi connectivity index (χ2v) is 6.23. The number of halogens is 1. The number of hydrogen-bond donors (Lipinski definition) is 1. The summed E-state index contributed by atoms with van der Waals surface area (Å²) >= 11 is 5.21. The molecule has 2 nitrogen and oxygen atoms in total. The molecule has 0 spiro atoms. The molecule has 0 heterocycles. The zero-order valence-corrected chi connectivity index (χ0v) is 13.1. The summed E-state index contributed by atoms with van der Waals surface area (Å²) < 4.78 is 6.73. The second-order valence-electron chi connectivity index (χ2n) is 4.18. The zero-order chi connectivity index (χ0) is 13.7. The molecule has 0 bridgehead atoms. The molecule has 100 valence electrons. The van der Waals surface area contributed by atoms with Crippen LogP contribution in [0.5, 0.6) is 5.75 Å². The number of hydrogen-bond acceptors (Lipinski definition) is 3. The zero-order valence-electron chi connectivity index (χ0n) is 10.7. The average Bonchev–Trinajstić information content (AvgIpc) is 2.37. The van der Waals surface area contributed by atoms with E-state index >= 15 is 0 Å². The third-order valence-electron chi connectivity index (χ3n) is 2.60. The van der Waals surface area contributed by atoms with Crippen molar-refractivity contribution in [1.29, 1.82) is 0 Å². The summed E-state index contributed by atoms with van der Waals surface area (Å²) in [6, 6.07) is 13.9. The Kier molecular flexibility index (Phi) is 5.16. The van der Waals surface area contributed by atoms with Crippen LogP contribution in [0.25, 0.3) is 0 Å². The standard InChI is InChI=1S/C15H16BrNOS/c1-11-9-13(17)5-6-15(11)19-8-7-18-14-4-2-3-12(16)10-14/h2-6,9-10H,7-8,17H2,1H3. The first kappa shape index (κ1) is 14.3. The van der Waals surface area contributed by atoms with E-state index < -0.39 is 0 Å². The molecule has 0 atom stereocenters. The highest BCUT2D eigenvalue weighted by Gasteiger charge is 2.00. The fourth-order valence-electron chi connectivity index (χ4n) is 1.70. The Hall–Kier alpha value is -1.13. The van der Waals surface area contributed by atoms with E-state index in [0.29, 0.717) is 6.61 Å². The Balaban J connectivity index is 1.81. The Morgan fingerprint density at radius 1 is 1.21 bits per heavy atom. The van der Waals surface area contributed by atoms with E-state index in [1.807, 2.05) is 36.4 Å². The molecular formula is C15H16BrNOS. The van der Waals surface area contributed by atoms with Crippen molar-refractivity contribution in [2.24, 2.45) is 0 Å². The van der Waals surface area contributed by atoms with Gasteiger partial charge in [-0.3, -0.25) is 0 Å². The van der Waals surface area contributed by atoms with Crippen LogP contribution >= 0.6 is 27.7 Å². The van der Waals surface area contributed by atoms with Gasteiger partial charge in [0.1, 0.15) is 5.75 Å². The van der Waals surface area contributed by atoms with Gasteiger partial charge in [-0.25, -0.2) is 0 Å². The van der Waals surface area contributed by atoms with E-state index in [9.17, 15) is 0 Å². The lowest BCUT2D eigenvalue weighted by Gasteiger charge is -2.08. The van der Waals surface area contributed by atoms with Gasteiger partial charge in [0.15, 0.2) is 0 Å². The number of benzene rings is 2. The van der Waals surface area contributed by atoms with Gasteiger partial charge in [-0.2, -0.15) is 0 Å². The van der Waals surface area contributed by atoms with Gasteiger partial charge in [0.25, 0.3) is 0 Å². The lowest BCUT2D eigenvalue weighted by atomic mass is 10.2. The third kappa shape index (κ3) is 4.48. The molecule has 19 heavy (non-hydrogen) atoms. The number of rotatable bonds is 5. The fourth-order valence-corrected chi connectivity index (χ4v) is 2.92. The van der Waals surface area contributed by atoms with Gasteiger partial charge >= 0.3 is 0 Å². The first-order valence-corrected chi connectivity index (χ1v) is 7.80. The van der Waals surface area contributed by atoms with Crippen LogP contribution in [0.1, 0.15) is 5.56 Å². The van der Waals surface area contributed by atoms with Crippen molar-refractivity contribution >= 4 is 33.4 Å². The van der Waals surface area contributed by atoms with E-state index in [1.54, 1.807) is 11.8 Å². The van der Waals surface area contributed by atoms with Crippen molar-refractivity contribution in [3.05, 3.63) is 52.5 Å². The van der Waals surface area contributed by atoms with Gasteiger partial charge in [0.05, 0.1) is 6.61 Å². The minimum absolute atomic E-state index is 0.685. The van der Waals surface area contributed by atoms with E-state index in [0.717, 1.165) is 21.7 Å². The largest absolute Gasteiger partial charge is 0.493 e. The number of anilines is 1. The van der Waals surface area contributed by atoms with Crippen molar-refractivity contribution in [2.45, 2.75) is 11.8 Å². The predicted octanol–water partition coefficient (Wildman–Crippen LogP) is 4.51. The van der Waals surface area contributed by atoms with E-state index in [1.165, 1.54) is 10.5 Å². The third-order valence-corrected chi connectivity index (χ3v) is 4.24. The minimum Gasteiger partial charge on any atom is -0.493 e. The normalized spacial score (nSPS) is 10.4. The second kappa shape index (κ2) is 6.87. The van der Waals surface area contributed by atoms with Crippen molar-refractivity contribution in [3.8, 4) is 5.75 Å². The highest BCUT2D eigenvalue weighted by Crippen LogP contribution is 2.24. The molecule has 0 saturated carbocycles. The molecule has 0 amide bonds. The average molecular weight is 338 g/mol. The molecule has 0 fully saturated rings. The lowest BCUT2D eigenvalue weighted by molar-refractivity contribution is 0.344. The Bertz CT molecular complexity index is 560. The first-order valence-electron chi connectivity index (χ1n) is 6.02. The number of ether oxygens (including phenoxy) is 1. The Morgan fingerprint density at radius 2 is 2.05 bits per heavy atom. The number of nitrogen functional groups attached to an aromatic ring is 1. The molecule has 2 aromatic carbocycles. The lowest BCUT2D eigenvalue weighted by Crippen LogP contribution is -2.00. The molecular weight excluding hydrogens is 322 g/mol. The monoisotopic (exact) mass is 337 g/mol. The van der Waals surface area contributed by atoms with Crippen LogP contribution in [0.2, 0.25) is 0 Å². The van der Waals surface area contributed by atoms with Crippen molar-refractivity contribution < 1.29 is 4.74 Å². The number of nitrogens with two attached hydrogens (primary N) is 1. The highest BCUT2D eigenvalue weighted by molar-refractivity contribution is 9.10. The minimum atomic E-state index is 0.685. The van der Waals surface area contributed by atoms with Gasteiger partial charge in [0.2, 0.25) is 0 Å². The first-order chi connectivity index (χ1) is 9.15. The molecule has 4 heteroatoms. The maximum atomic E-state index is 5.73. The van der Waals surface area contributed by atoms with Gasteiger partial charge in [0, 0.05) is 20.8 Å². The van der Waals surface area contributed by atoms with Gasteiger partial charge in [-0.05, 0) is 48.9 Å². The van der Waals surface area contributed by atoms with Crippen LogP contribution < -0.4 is 10.5 Å². The smallest absolute Gasteiger partial charge is 0.120 e. The fraction of sp³-hybridized carbons (Fsp3) is 0.200. The number of aryl methyl sites for hydroxylation is 1. The van der Waals surface area contributed by atoms with Crippen molar-refractivity contribution in [1.82, 2.24) is 0 Å². The highest BCUT2D eigenvalue weighted by atomic mass is 79.9. The van der Waals surface area contributed by atoms with Crippen LogP contribution in [-0.4, -0.2) is 12.4 Å². The number of thioether (sulfide) groups is 1. The molecule has 0 unspecified atom stereocenters. The van der Waals surface area contributed by atoms with Crippen molar-refractivity contribution in [3.63, 3.8) is 0 Å². The molecule has 0 radical (unpaired) electrons.